The lowest BCUT2D eigenvalue weighted by Crippen LogP contribution is -2.27. The molecular weight excluding hydrogens is 254 g/mol. The molecule has 19 heavy (non-hydrogen) atoms. The average molecular weight is 278 g/mol. The largest absolute Gasteiger partial charge is 0.294 e. The first-order valence-corrected chi connectivity index (χ1v) is 7.32. The molecule has 0 aliphatic heterocycles. The Balaban J connectivity index is 2.62. The summed E-state index contributed by atoms with van der Waals surface area (Å²) in [6.07, 6.45) is 6.11. The summed E-state index contributed by atoms with van der Waals surface area (Å²) < 4.78 is 0. The summed E-state index contributed by atoms with van der Waals surface area (Å²) in [5.74, 6) is 0. The van der Waals surface area contributed by atoms with E-state index in [0.29, 0.717) is 0 Å². The lowest BCUT2D eigenvalue weighted by atomic mass is 10.1. The van der Waals surface area contributed by atoms with Crippen LogP contribution in [0.3, 0.4) is 0 Å². The van der Waals surface area contributed by atoms with E-state index in [-0.39, 0.29) is 5.38 Å². The van der Waals surface area contributed by atoms with Gasteiger partial charge in [-0.3, -0.25) is 4.90 Å². The van der Waals surface area contributed by atoms with E-state index in [4.69, 9.17) is 11.6 Å². The maximum absolute atomic E-state index is 6.49. The van der Waals surface area contributed by atoms with Crippen molar-refractivity contribution in [2.45, 2.75) is 25.1 Å². The molecule has 0 saturated carbocycles. The zero-order valence-corrected chi connectivity index (χ0v) is 12.6. The van der Waals surface area contributed by atoms with Crippen molar-refractivity contribution < 1.29 is 0 Å². The van der Waals surface area contributed by atoms with Gasteiger partial charge in [0.2, 0.25) is 0 Å². The van der Waals surface area contributed by atoms with Gasteiger partial charge in [0, 0.05) is 19.6 Å². The highest BCUT2D eigenvalue weighted by molar-refractivity contribution is 6.21. The average Bonchev–Trinajstić information content (AvgIpc) is 2.40. The predicted octanol–water partition coefficient (Wildman–Crippen LogP) is 4.59. The zero-order chi connectivity index (χ0) is 14.1. The summed E-state index contributed by atoms with van der Waals surface area (Å²) in [7, 11) is 0. The van der Waals surface area contributed by atoms with Crippen LogP contribution in [0.2, 0.25) is 0 Å². The monoisotopic (exact) mass is 277 g/mol. The first kappa shape index (κ1) is 16.0. The molecule has 0 N–H and O–H groups in total. The minimum atomic E-state index is 0.00979. The van der Waals surface area contributed by atoms with Crippen LogP contribution in [0.1, 0.15) is 29.8 Å². The van der Waals surface area contributed by atoms with E-state index in [9.17, 15) is 0 Å². The van der Waals surface area contributed by atoms with Crippen LogP contribution in [0, 0.1) is 0 Å². The van der Waals surface area contributed by atoms with E-state index < -0.39 is 0 Å². The van der Waals surface area contributed by atoms with Gasteiger partial charge in [-0.2, -0.15) is 0 Å². The molecule has 1 aromatic carbocycles. The van der Waals surface area contributed by atoms with Gasteiger partial charge in [0.1, 0.15) is 0 Å². The van der Waals surface area contributed by atoms with Crippen LogP contribution in [0.25, 0.3) is 0 Å². The summed E-state index contributed by atoms with van der Waals surface area (Å²) in [5.41, 5.74) is 2.56. The van der Waals surface area contributed by atoms with E-state index in [1.54, 1.807) is 0 Å². The van der Waals surface area contributed by atoms with Crippen LogP contribution in [0.15, 0.2) is 49.6 Å². The van der Waals surface area contributed by atoms with Gasteiger partial charge in [0.15, 0.2) is 0 Å². The number of aryl methyl sites for hydroxylation is 1. The molecule has 1 atom stereocenters. The van der Waals surface area contributed by atoms with E-state index in [1.165, 1.54) is 17.5 Å². The Morgan fingerprint density at radius 3 is 2.21 bits per heavy atom. The summed E-state index contributed by atoms with van der Waals surface area (Å²) in [6, 6.07) is 8.64. The lowest BCUT2D eigenvalue weighted by Gasteiger charge is -2.22. The highest BCUT2D eigenvalue weighted by Gasteiger charge is 2.12. The minimum Gasteiger partial charge on any atom is -0.294 e. The molecule has 0 radical (unpaired) electrons. The highest BCUT2D eigenvalue weighted by atomic mass is 35.5. The van der Waals surface area contributed by atoms with Gasteiger partial charge < -0.3 is 0 Å². The summed E-state index contributed by atoms with van der Waals surface area (Å²) in [4.78, 5) is 2.23. The normalized spacial score (nSPS) is 12.4. The molecule has 0 amide bonds. The van der Waals surface area contributed by atoms with E-state index in [0.717, 1.165) is 26.1 Å². The molecule has 0 aromatic heterocycles. The third kappa shape index (κ3) is 5.63. The minimum absolute atomic E-state index is 0.00979. The molecule has 0 saturated heterocycles. The lowest BCUT2D eigenvalue weighted by molar-refractivity contribution is 0.335. The fourth-order valence-corrected chi connectivity index (χ4v) is 2.44. The van der Waals surface area contributed by atoms with Crippen LogP contribution < -0.4 is 0 Å². The molecule has 0 spiro atoms. The molecule has 0 bridgehead atoms. The Hall–Kier alpha value is -1.05. The fourth-order valence-electron chi connectivity index (χ4n) is 2.10. The van der Waals surface area contributed by atoms with Gasteiger partial charge in [0.25, 0.3) is 0 Å². The molecular formula is C17H24ClN. The van der Waals surface area contributed by atoms with Crippen molar-refractivity contribution in [2.75, 3.05) is 19.6 Å². The second-order valence-electron chi connectivity index (χ2n) is 4.76. The number of hydrogen-bond acceptors (Lipinski definition) is 1. The second-order valence-corrected chi connectivity index (χ2v) is 5.28. The van der Waals surface area contributed by atoms with Crippen molar-refractivity contribution in [3.05, 3.63) is 60.7 Å². The standard InChI is InChI=1S/C17H24ClN/c1-4-7-15-8-10-16(11-9-15)17(18)14-19(12-5-2)13-6-3/h5-6,8-11,17H,2-4,7,12-14H2,1H3. The Labute approximate surface area is 122 Å². The third-order valence-corrected chi connectivity index (χ3v) is 3.46. The van der Waals surface area contributed by atoms with Crippen LogP contribution in [0.4, 0.5) is 0 Å². The second kappa shape index (κ2) is 8.95. The van der Waals surface area contributed by atoms with Gasteiger partial charge in [-0.15, -0.1) is 24.8 Å². The molecule has 1 aromatic rings. The molecule has 104 valence electrons. The topological polar surface area (TPSA) is 3.24 Å². The summed E-state index contributed by atoms with van der Waals surface area (Å²) in [5, 5.41) is 0.00979. The molecule has 0 heterocycles. The molecule has 0 fully saturated rings. The van der Waals surface area contributed by atoms with Crippen molar-refractivity contribution in [3.8, 4) is 0 Å². The van der Waals surface area contributed by atoms with E-state index in [1.807, 2.05) is 12.2 Å². The number of nitrogens with zero attached hydrogens (tertiary/aromatic N) is 1. The van der Waals surface area contributed by atoms with Crippen molar-refractivity contribution in [3.63, 3.8) is 0 Å². The van der Waals surface area contributed by atoms with Crippen molar-refractivity contribution in [1.82, 2.24) is 4.90 Å². The number of benzene rings is 1. The Morgan fingerprint density at radius 2 is 1.74 bits per heavy atom. The van der Waals surface area contributed by atoms with Crippen molar-refractivity contribution >= 4 is 11.6 Å². The van der Waals surface area contributed by atoms with E-state index >= 15 is 0 Å². The number of hydrogen-bond donors (Lipinski definition) is 0. The maximum atomic E-state index is 6.49. The third-order valence-electron chi connectivity index (χ3n) is 3.07. The highest BCUT2D eigenvalue weighted by Crippen LogP contribution is 2.22. The Kier molecular flexibility index (Phi) is 7.54. The first-order valence-electron chi connectivity index (χ1n) is 6.88. The fraction of sp³-hybridized carbons (Fsp3) is 0.412. The van der Waals surface area contributed by atoms with Gasteiger partial charge in [-0.05, 0) is 17.5 Å². The Morgan fingerprint density at radius 1 is 1.16 bits per heavy atom. The Bertz CT molecular complexity index is 373. The van der Waals surface area contributed by atoms with Crippen molar-refractivity contribution in [2.24, 2.45) is 0 Å². The number of rotatable bonds is 9. The van der Waals surface area contributed by atoms with Gasteiger partial charge in [0.05, 0.1) is 5.38 Å². The molecule has 0 aliphatic carbocycles. The SMILES string of the molecule is C=CCN(CC=C)CC(Cl)c1ccc(CCC)cc1. The van der Waals surface area contributed by atoms with Gasteiger partial charge in [-0.1, -0.05) is 49.8 Å². The molecule has 1 unspecified atom stereocenters. The smallest absolute Gasteiger partial charge is 0.0712 e. The molecule has 0 aliphatic rings. The van der Waals surface area contributed by atoms with E-state index in [2.05, 4.69) is 49.2 Å². The molecule has 1 rings (SSSR count). The zero-order valence-electron chi connectivity index (χ0n) is 11.8. The first-order chi connectivity index (χ1) is 9.21. The van der Waals surface area contributed by atoms with Crippen molar-refractivity contribution in [1.29, 1.82) is 0 Å². The van der Waals surface area contributed by atoms with Crippen LogP contribution in [-0.2, 0) is 6.42 Å². The molecule has 1 nitrogen and oxygen atoms in total. The summed E-state index contributed by atoms with van der Waals surface area (Å²) >= 11 is 6.49. The van der Waals surface area contributed by atoms with Crippen LogP contribution in [0.5, 0.6) is 0 Å². The molecule has 2 heteroatoms. The van der Waals surface area contributed by atoms with Crippen LogP contribution >= 0.6 is 11.6 Å². The number of alkyl halides is 1. The predicted molar refractivity (Wildman–Crippen MR) is 85.9 cm³/mol. The van der Waals surface area contributed by atoms with Crippen LogP contribution in [-0.4, -0.2) is 24.5 Å². The van der Waals surface area contributed by atoms with Gasteiger partial charge in [-0.25, -0.2) is 0 Å². The number of halogens is 1. The van der Waals surface area contributed by atoms with Gasteiger partial charge >= 0.3 is 0 Å². The maximum Gasteiger partial charge on any atom is 0.0712 e. The quantitative estimate of drug-likeness (QED) is 0.471. The summed E-state index contributed by atoms with van der Waals surface area (Å²) in [6.45, 7) is 12.2.